The Balaban J connectivity index is 4.94. The summed E-state index contributed by atoms with van der Waals surface area (Å²) in [4.78, 5) is 5.25. The van der Waals surface area contributed by atoms with Crippen LogP contribution in [0.1, 0.15) is 111 Å². The maximum absolute atomic E-state index is 10.7. The van der Waals surface area contributed by atoms with Crippen LogP contribution in [0.15, 0.2) is 37.0 Å². The highest BCUT2D eigenvalue weighted by atomic mass is 32.4. The molecule has 0 atom stereocenters. The molecule has 1 heterocycles. The van der Waals surface area contributed by atoms with Crippen LogP contribution < -0.4 is 0 Å². The van der Waals surface area contributed by atoms with Gasteiger partial charge in [0.2, 0.25) is 7.51 Å². The lowest BCUT2D eigenvalue weighted by atomic mass is 10.1. The molecular weight excluding hydrogens is 606 g/mol. The Bertz CT molecular complexity index is 1250. The highest BCUT2D eigenvalue weighted by Gasteiger charge is 2.49. The number of hydrogen-bond acceptors (Lipinski definition) is 9. The summed E-state index contributed by atoms with van der Waals surface area (Å²) >= 11 is 6.86. The molecule has 0 aliphatic carbocycles. The molecule has 0 saturated carbocycles. The zero-order chi connectivity index (χ0) is 34.5. The van der Waals surface area contributed by atoms with Gasteiger partial charge in [0.05, 0.1) is 0 Å². The number of hydrogen-bond donors (Lipinski definition) is 0. The summed E-state index contributed by atoms with van der Waals surface area (Å²) in [6.45, 7) is 33.8. The van der Waals surface area contributed by atoms with Crippen LogP contribution in [-0.4, -0.2) is 67.0 Å². The van der Waals surface area contributed by atoms with Crippen LogP contribution in [0.3, 0.4) is 0 Å². The summed E-state index contributed by atoms with van der Waals surface area (Å²) in [6, 6.07) is 6.36. The van der Waals surface area contributed by atoms with Gasteiger partial charge in [-0.15, -0.1) is 10.00 Å². The molecule has 1 aliphatic rings. The molecular formula is C31H56N10P2S. The van der Waals surface area contributed by atoms with E-state index in [1.54, 1.807) is 0 Å². The molecule has 10 nitrogen and oxygen atoms in total. The highest BCUT2D eigenvalue weighted by Crippen LogP contribution is 2.71. The fourth-order valence-corrected chi connectivity index (χ4v) is 17.0. The minimum atomic E-state index is -3.06. The van der Waals surface area contributed by atoms with Gasteiger partial charge >= 0.3 is 0 Å². The Morgan fingerprint density at radius 1 is 0.614 bits per heavy atom. The van der Waals surface area contributed by atoms with Crippen LogP contribution in [0.5, 0.6) is 0 Å². The zero-order valence-electron chi connectivity index (χ0n) is 29.9. The number of allylic oxidation sites excluding steroid dienone is 2. The van der Waals surface area contributed by atoms with Crippen molar-refractivity contribution in [3.63, 3.8) is 0 Å². The molecule has 1 rings (SSSR count). The van der Waals surface area contributed by atoms with E-state index in [1.165, 1.54) is 0 Å². The van der Waals surface area contributed by atoms with E-state index >= 15 is 0 Å². The fraction of sp³-hybridized carbons (Fsp3) is 0.774. The van der Waals surface area contributed by atoms with Gasteiger partial charge in [-0.2, -0.15) is 15.8 Å². The second-order valence-electron chi connectivity index (χ2n) is 13.4. The van der Waals surface area contributed by atoms with E-state index in [1.807, 2.05) is 12.1 Å². The first-order chi connectivity index (χ1) is 20.2. The normalized spacial score (nSPS) is 15.7. The van der Waals surface area contributed by atoms with Crippen molar-refractivity contribution in [2.75, 3.05) is 0 Å². The van der Waals surface area contributed by atoms with E-state index < -0.39 is 13.8 Å². The van der Waals surface area contributed by atoms with Crippen LogP contribution >= 0.6 is 13.8 Å². The maximum atomic E-state index is 10.7. The molecule has 246 valence electrons. The second kappa shape index (κ2) is 16.2. The van der Waals surface area contributed by atoms with Crippen LogP contribution in [0.25, 0.3) is 0 Å². The van der Waals surface area contributed by atoms with Crippen molar-refractivity contribution >= 4 is 25.7 Å². The quantitative estimate of drug-likeness (QED) is 0.133. The van der Waals surface area contributed by atoms with Crippen LogP contribution in [0.4, 0.5) is 0 Å². The van der Waals surface area contributed by atoms with Gasteiger partial charge in [-0.05, 0) is 111 Å². The third-order valence-corrected chi connectivity index (χ3v) is 16.8. The molecule has 0 bridgehead atoms. The maximum Gasteiger partial charge on any atom is 0.237 e. The van der Waals surface area contributed by atoms with Crippen molar-refractivity contribution in [3.8, 4) is 18.2 Å². The Hall–Kier alpha value is -1.73. The van der Waals surface area contributed by atoms with Crippen molar-refractivity contribution in [1.82, 2.24) is 18.7 Å². The summed E-state index contributed by atoms with van der Waals surface area (Å²) in [7, 11) is -3.06. The molecule has 44 heavy (non-hydrogen) atoms. The third kappa shape index (κ3) is 7.79. The summed E-state index contributed by atoms with van der Waals surface area (Å²) in [5.74, 6) is 0. The number of rotatable bonds is 14. The van der Waals surface area contributed by atoms with E-state index in [9.17, 15) is 15.8 Å². The molecule has 0 aromatic carbocycles. The standard InChI is InChI=1S/C31H56N10P2S/c1-20(2)38(21(3)4)42(44,39(22(5)6)23(7)8)31-30(29(19-34)28(17-32)18-33)36-43(37-35-31,40(24(9)10)25(11)12)41(26(13)14)27(15)16/h20-27H,1-16H3. The number of nitriles is 3. The van der Waals surface area contributed by atoms with Gasteiger partial charge in [0.25, 0.3) is 0 Å². The largest absolute Gasteiger partial charge is 0.254 e. The van der Waals surface area contributed by atoms with Crippen molar-refractivity contribution < 1.29 is 0 Å². The Morgan fingerprint density at radius 2 is 0.955 bits per heavy atom. The molecule has 1 aliphatic heterocycles. The first-order valence-corrected chi connectivity index (χ1v) is 20.0. The van der Waals surface area contributed by atoms with Gasteiger partial charge < -0.3 is 0 Å². The lowest BCUT2D eigenvalue weighted by molar-refractivity contribution is 0.248. The third-order valence-electron chi connectivity index (χ3n) is 7.28. The minimum Gasteiger partial charge on any atom is -0.254 e. The van der Waals surface area contributed by atoms with E-state index in [-0.39, 0.29) is 65.2 Å². The average Bonchev–Trinajstić information content (AvgIpc) is 2.84. The molecule has 0 aromatic heterocycles. The smallest absolute Gasteiger partial charge is 0.237 e. The van der Waals surface area contributed by atoms with Crippen molar-refractivity contribution in [2.45, 2.75) is 159 Å². The van der Waals surface area contributed by atoms with E-state index in [4.69, 9.17) is 26.6 Å². The first-order valence-electron chi connectivity index (χ1n) is 15.7. The van der Waals surface area contributed by atoms with Crippen LogP contribution in [0.2, 0.25) is 0 Å². The molecule has 0 spiro atoms. The summed E-state index contributed by atoms with van der Waals surface area (Å²) in [5, 5.41) is 35.9. The molecule has 0 aromatic rings. The predicted molar refractivity (Wildman–Crippen MR) is 188 cm³/mol. The summed E-state index contributed by atoms with van der Waals surface area (Å²) in [6.07, 6.45) is -3.03. The lowest BCUT2D eigenvalue weighted by Crippen LogP contribution is -2.46. The van der Waals surface area contributed by atoms with Crippen molar-refractivity contribution in [3.05, 3.63) is 22.3 Å². The second-order valence-corrected chi connectivity index (χ2v) is 19.7. The van der Waals surface area contributed by atoms with E-state index in [0.29, 0.717) is 5.44 Å². The van der Waals surface area contributed by atoms with Gasteiger partial charge in [-0.1, -0.05) is 11.8 Å². The monoisotopic (exact) mass is 662 g/mol. The predicted octanol–water partition coefficient (Wildman–Crippen LogP) is 9.22. The Labute approximate surface area is 273 Å². The Morgan fingerprint density at radius 3 is 1.20 bits per heavy atom. The SMILES string of the molecule is CC(C)N(C(C)C)P(=S)(C1=C(C(C#N)=C(C#N)C#N)N=P(N(C(C)C)C(C)C)(N(C(C)C)C(C)C)N=N1)N(C(C)C)C(C)C. The summed E-state index contributed by atoms with van der Waals surface area (Å²) in [5.41, 5.74) is 0.241. The van der Waals surface area contributed by atoms with Gasteiger partial charge in [-0.25, -0.2) is 14.1 Å². The molecule has 0 saturated heterocycles. The van der Waals surface area contributed by atoms with E-state index in [0.717, 1.165) is 0 Å². The lowest BCUT2D eigenvalue weighted by Gasteiger charge is -2.51. The van der Waals surface area contributed by atoms with E-state index in [2.05, 4.69) is 136 Å². The topological polar surface area (TPSA) is 121 Å². The molecule has 0 radical (unpaired) electrons. The highest BCUT2D eigenvalue weighted by molar-refractivity contribution is 8.14. The first kappa shape index (κ1) is 40.3. The minimum absolute atomic E-state index is 0.0258. The van der Waals surface area contributed by atoms with Gasteiger partial charge in [0.15, 0.2) is 5.44 Å². The van der Waals surface area contributed by atoms with Crippen molar-refractivity contribution in [2.24, 2.45) is 14.7 Å². The van der Waals surface area contributed by atoms with Crippen LogP contribution in [-0.2, 0) is 11.8 Å². The van der Waals surface area contributed by atoms with Gasteiger partial charge in [0.1, 0.15) is 41.4 Å². The van der Waals surface area contributed by atoms with Gasteiger partial charge in [-0.3, -0.25) is 9.34 Å². The van der Waals surface area contributed by atoms with Crippen molar-refractivity contribution in [1.29, 1.82) is 15.8 Å². The molecule has 13 heteroatoms. The van der Waals surface area contributed by atoms with Crippen LogP contribution in [0, 0.1) is 34.0 Å². The fourth-order valence-electron chi connectivity index (χ4n) is 6.60. The summed E-state index contributed by atoms with van der Waals surface area (Å²) < 4.78 is 14.7. The molecule has 0 unspecified atom stereocenters. The Kier molecular flexibility index (Phi) is 14.8. The average molecular weight is 663 g/mol. The molecule has 0 amide bonds. The number of nitrogens with zero attached hydrogens (tertiary/aromatic N) is 10. The van der Waals surface area contributed by atoms with Gasteiger partial charge in [0, 0.05) is 48.3 Å². The molecule has 0 fully saturated rings. The molecule has 0 N–H and O–H groups in total. The zero-order valence-corrected chi connectivity index (χ0v) is 32.5.